The normalized spacial score (nSPS) is 24.1. The van der Waals surface area contributed by atoms with Crippen LogP contribution in [0.5, 0.6) is 0 Å². The third-order valence-electron chi connectivity index (χ3n) is 2.35. The van der Waals surface area contributed by atoms with Gasteiger partial charge in [-0.15, -0.1) is 0 Å². The van der Waals surface area contributed by atoms with Crippen LogP contribution in [0.4, 0.5) is 0 Å². The molecule has 1 saturated heterocycles. The summed E-state index contributed by atoms with van der Waals surface area (Å²) >= 11 is 0.126. The van der Waals surface area contributed by atoms with E-state index < -0.39 is 0 Å². The van der Waals surface area contributed by atoms with Gasteiger partial charge in [0.2, 0.25) is 0 Å². The third kappa shape index (κ3) is 2.37. The second kappa shape index (κ2) is 4.32. The van der Waals surface area contributed by atoms with Crippen LogP contribution in [0.15, 0.2) is 16.9 Å². The number of aliphatic imine (C=N–C) groups is 1. The first-order chi connectivity index (χ1) is 6.36. The van der Waals surface area contributed by atoms with Crippen molar-refractivity contribution in [2.24, 2.45) is 4.99 Å². The van der Waals surface area contributed by atoms with E-state index >= 15 is 0 Å². The average Bonchev–Trinajstić information content (AvgIpc) is 2.20. The van der Waals surface area contributed by atoms with Crippen molar-refractivity contribution in [2.45, 2.75) is 0 Å². The molecule has 2 aliphatic heterocycles. The molecule has 0 atom stereocenters. The number of nitrogens with zero attached hydrogens (tertiary/aromatic N) is 3. The largest absolute Gasteiger partial charge is 0.354 e. The van der Waals surface area contributed by atoms with Gasteiger partial charge in [-0.3, -0.25) is 0 Å². The molecule has 0 spiro atoms. The zero-order valence-electron chi connectivity index (χ0n) is 7.78. The molecule has 0 radical (unpaired) electrons. The lowest BCUT2D eigenvalue weighted by molar-refractivity contribution is 0.185. The Balaban J connectivity index is 1.98. The molecule has 0 aromatic rings. The van der Waals surface area contributed by atoms with Crippen LogP contribution in [0, 0.1) is 0 Å². The maximum atomic E-state index is 4.44. The van der Waals surface area contributed by atoms with E-state index in [2.05, 4.69) is 36.1 Å². The van der Waals surface area contributed by atoms with Gasteiger partial charge in [0.15, 0.2) is 0 Å². The zero-order chi connectivity index (χ0) is 9.10. The highest BCUT2D eigenvalue weighted by Gasteiger charge is 2.15. The molecule has 13 heavy (non-hydrogen) atoms. The molecule has 0 aromatic carbocycles. The second-order valence-electron chi connectivity index (χ2n) is 3.29. The lowest BCUT2D eigenvalue weighted by Gasteiger charge is -2.34. The van der Waals surface area contributed by atoms with E-state index in [1.54, 1.807) is 0 Å². The van der Waals surface area contributed by atoms with Gasteiger partial charge in [-0.1, -0.05) is 20.7 Å². The van der Waals surface area contributed by atoms with Gasteiger partial charge >= 0.3 is 0 Å². The summed E-state index contributed by atoms with van der Waals surface area (Å²) in [5, 5.41) is 0. The molecular formula is C9H14IN3. The summed E-state index contributed by atoms with van der Waals surface area (Å²) in [5.74, 6) is 1.17. The molecule has 72 valence electrons. The van der Waals surface area contributed by atoms with Gasteiger partial charge in [0.1, 0.15) is 5.82 Å². The standard InChI is InChI=1S/C9H14IN3/c1-12-4-6-13(7-5-12)9-2-3-10-8-11-9/h2-3,8H,4-7H2,1H3. The summed E-state index contributed by atoms with van der Waals surface area (Å²) < 4.78 is 4.37. The maximum Gasteiger partial charge on any atom is 0.129 e. The van der Waals surface area contributed by atoms with Crippen molar-refractivity contribution in [3.05, 3.63) is 11.9 Å². The molecule has 2 aliphatic rings. The first-order valence-electron chi connectivity index (χ1n) is 4.48. The monoisotopic (exact) mass is 291 g/mol. The Morgan fingerprint density at radius 3 is 2.69 bits per heavy atom. The zero-order valence-corrected chi connectivity index (χ0v) is 9.94. The van der Waals surface area contributed by atoms with Crippen LogP contribution in [-0.2, 0) is 0 Å². The summed E-state index contributed by atoms with van der Waals surface area (Å²) in [6.07, 6.45) is 2.18. The maximum absolute atomic E-state index is 4.44. The molecule has 1 fully saturated rings. The molecule has 2 rings (SSSR count). The van der Waals surface area contributed by atoms with Crippen LogP contribution in [0.3, 0.4) is 0 Å². The Morgan fingerprint density at radius 2 is 2.08 bits per heavy atom. The van der Waals surface area contributed by atoms with Crippen LogP contribution in [0.25, 0.3) is 0 Å². The minimum atomic E-state index is 0.126. The van der Waals surface area contributed by atoms with E-state index in [1.165, 1.54) is 5.82 Å². The van der Waals surface area contributed by atoms with E-state index in [0.717, 1.165) is 26.2 Å². The van der Waals surface area contributed by atoms with Crippen molar-refractivity contribution >= 4 is 29.0 Å². The quantitative estimate of drug-likeness (QED) is 0.668. The molecule has 2 heterocycles. The van der Waals surface area contributed by atoms with Gasteiger partial charge in [-0.2, -0.15) is 0 Å². The van der Waals surface area contributed by atoms with Crippen LogP contribution >= 0.6 is 20.7 Å². The fraction of sp³-hybridized carbons (Fsp3) is 0.556. The van der Waals surface area contributed by atoms with Crippen molar-refractivity contribution in [1.82, 2.24) is 9.80 Å². The van der Waals surface area contributed by atoms with Crippen molar-refractivity contribution < 1.29 is 0 Å². The molecular weight excluding hydrogens is 277 g/mol. The predicted molar refractivity (Wildman–Crippen MR) is 65.7 cm³/mol. The van der Waals surface area contributed by atoms with Gasteiger partial charge in [0.05, 0.1) is 4.22 Å². The minimum Gasteiger partial charge on any atom is -0.354 e. The van der Waals surface area contributed by atoms with Gasteiger partial charge in [-0.25, -0.2) is 4.99 Å². The summed E-state index contributed by atoms with van der Waals surface area (Å²) in [5.41, 5.74) is 0. The Hall–Kier alpha value is -0.230. The van der Waals surface area contributed by atoms with Crippen LogP contribution < -0.4 is 0 Å². The number of likely N-dealkylation sites (N-methyl/N-ethyl adjacent to an activating group) is 1. The Bertz CT molecular complexity index is 262. The highest BCUT2D eigenvalue weighted by molar-refractivity contribution is 14.2. The molecule has 0 aliphatic carbocycles. The van der Waals surface area contributed by atoms with E-state index in [0.29, 0.717) is 0 Å². The van der Waals surface area contributed by atoms with E-state index in [1.807, 2.05) is 0 Å². The second-order valence-corrected chi connectivity index (χ2v) is 5.29. The SMILES string of the molecule is CN1CCN(C2=CC=IC=N2)CC1. The number of halogens is 1. The predicted octanol–water partition coefficient (Wildman–Crippen LogP) is 0.890. The lowest BCUT2D eigenvalue weighted by atomic mass is 10.3. The summed E-state index contributed by atoms with van der Waals surface area (Å²) in [6.45, 7) is 4.54. The Kier molecular flexibility index (Phi) is 3.10. The van der Waals surface area contributed by atoms with Gasteiger partial charge in [0, 0.05) is 26.2 Å². The van der Waals surface area contributed by atoms with Gasteiger partial charge in [-0.05, 0) is 17.1 Å². The van der Waals surface area contributed by atoms with Crippen molar-refractivity contribution in [1.29, 1.82) is 0 Å². The van der Waals surface area contributed by atoms with Crippen molar-refractivity contribution in [3.63, 3.8) is 0 Å². The summed E-state index contributed by atoms with van der Waals surface area (Å²) in [6, 6.07) is 0. The number of rotatable bonds is 1. The summed E-state index contributed by atoms with van der Waals surface area (Å²) in [7, 11) is 2.17. The van der Waals surface area contributed by atoms with Gasteiger partial charge in [0.25, 0.3) is 0 Å². The lowest BCUT2D eigenvalue weighted by Crippen LogP contribution is -2.43. The first-order valence-corrected chi connectivity index (χ1v) is 6.97. The highest BCUT2D eigenvalue weighted by Crippen LogP contribution is 2.12. The molecule has 4 heteroatoms. The number of hydrogen-bond acceptors (Lipinski definition) is 3. The van der Waals surface area contributed by atoms with E-state index in [-0.39, 0.29) is 20.7 Å². The van der Waals surface area contributed by atoms with Crippen molar-refractivity contribution in [3.8, 4) is 0 Å². The Morgan fingerprint density at radius 1 is 1.31 bits per heavy atom. The molecule has 0 N–H and O–H groups in total. The Labute approximate surface area is 88.9 Å². The van der Waals surface area contributed by atoms with Gasteiger partial charge < -0.3 is 9.80 Å². The molecule has 3 nitrogen and oxygen atoms in total. The van der Waals surface area contributed by atoms with E-state index in [9.17, 15) is 0 Å². The molecule has 0 unspecified atom stereocenters. The fourth-order valence-corrected chi connectivity index (χ4v) is 2.63. The minimum absolute atomic E-state index is 0.126. The topological polar surface area (TPSA) is 18.8 Å². The molecule has 0 bridgehead atoms. The highest BCUT2D eigenvalue weighted by atomic mass is 127. The third-order valence-corrected chi connectivity index (χ3v) is 3.72. The summed E-state index contributed by atoms with van der Waals surface area (Å²) in [4.78, 5) is 9.17. The van der Waals surface area contributed by atoms with Crippen LogP contribution in [0.1, 0.15) is 0 Å². The molecule has 0 saturated carbocycles. The fourth-order valence-electron chi connectivity index (χ4n) is 1.47. The van der Waals surface area contributed by atoms with E-state index in [4.69, 9.17) is 0 Å². The number of allylic oxidation sites excluding steroid dienone is 1. The van der Waals surface area contributed by atoms with Crippen LogP contribution in [0.2, 0.25) is 0 Å². The molecule has 0 aromatic heterocycles. The molecule has 0 amide bonds. The number of piperazine rings is 1. The smallest absolute Gasteiger partial charge is 0.129 e. The van der Waals surface area contributed by atoms with Crippen LogP contribution in [-0.4, -0.2) is 51.3 Å². The average molecular weight is 291 g/mol. The number of hydrogen-bond donors (Lipinski definition) is 0. The first kappa shape index (κ1) is 9.33. The van der Waals surface area contributed by atoms with Crippen molar-refractivity contribution in [2.75, 3.05) is 33.2 Å².